The Balaban J connectivity index is 1.78. The van der Waals surface area contributed by atoms with Gasteiger partial charge in [0.2, 0.25) is 15.9 Å². The lowest BCUT2D eigenvalue weighted by Crippen LogP contribution is -2.48. The number of rotatable bonds is 7. The zero-order chi connectivity index (χ0) is 21.0. The van der Waals surface area contributed by atoms with Crippen molar-refractivity contribution in [3.05, 3.63) is 59.7 Å². The second kappa shape index (κ2) is 8.97. The fourth-order valence-electron chi connectivity index (χ4n) is 3.42. The van der Waals surface area contributed by atoms with Crippen molar-refractivity contribution >= 4 is 15.9 Å². The van der Waals surface area contributed by atoms with Crippen LogP contribution in [0, 0.1) is 12.8 Å². The van der Waals surface area contributed by atoms with Crippen molar-refractivity contribution in [2.75, 3.05) is 6.61 Å². The number of hydrogen-bond donors (Lipinski definition) is 2. The van der Waals surface area contributed by atoms with Gasteiger partial charge in [0.25, 0.3) is 0 Å². The van der Waals surface area contributed by atoms with Crippen LogP contribution in [0.5, 0.6) is 5.75 Å². The van der Waals surface area contributed by atoms with Crippen LogP contribution in [-0.2, 0) is 14.8 Å². The molecule has 0 spiro atoms. The maximum absolute atomic E-state index is 13.0. The maximum atomic E-state index is 13.0. The van der Waals surface area contributed by atoms with Gasteiger partial charge in [0.05, 0.1) is 17.5 Å². The van der Waals surface area contributed by atoms with Gasteiger partial charge in [-0.15, -0.1) is 0 Å². The summed E-state index contributed by atoms with van der Waals surface area (Å²) in [5.41, 5.74) is 1.88. The highest BCUT2D eigenvalue weighted by Gasteiger charge is 2.30. The summed E-state index contributed by atoms with van der Waals surface area (Å²) in [5.74, 6) is 0.578. The van der Waals surface area contributed by atoms with Gasteiger partial charge < -0.3 is 10.1 Å². The van der Waals surface area contributed by atoms with Crippen LogP contribution in [-0.4, -0.2) is 27.0 Å². The number of carbonyl (C=O) groups is 1. The van der Waals surface area contributed by atoms with Crippen molar-refractivity contribution < 1.29 is 17.9 Å². The highest BCUT2D eigenvalue weighted by Crippen LogP contribution is 2.31. The van der Waals surface area contributed by atoms with E-state index in [1.54, 1.807) is 24.3 Å². The number of para-hydroxylation sites is 1. The van der Waals surface area contributed by atoms with E-state index in [1.165, 1.54) is 0 Å². The second-order valence-corrected chi connectivity index (χ2v) is 9.57. The van der Waals surface area contributed by atoms with Crippen molar-refractivity contribution in [2.45, 2.75) is 50.6 Å². The van der Waals surface area contributed by atoms with E-state index < -0.39 is 16.1 Å². The van der Waals surface area contributed by atoms with Crippen molar-refractivity contribution in [1.82, 2.24) is 10.0 Å². The van der Waals surface area contributed by atoms with Crippen LogP contribution < -0.4 is 14.8 Å². The number of hydrogen-bond acceptors (Lipinski definition) is 4. The molecule has 0 radical (unpaired) electrons. The third-order valence-electron chi connectivity index (χ3n) is 4.93. The average Bonchev–Trinajstić information content (AvgIpc) is 2.67. The molecule has 2 aromatic carbocycles. The molecule has 1 amide bonds. The Kier molecular flexibility index (Phi) is 6.59. The predicted octanol–water partition coefficient (Wildman–Crippen LogP) is 3.33. The summed E-state index contributed by atoms with van der Waals surface area (Å²) >= 11 is 0. The predicted molar refractivity (Wildman–Crippen MR) is 112 cm³/mol. The average molecular weight is 417 g/mol. The van der Waals surface area contributed by atoms with Crippen molar-refractivity contribution in [2.24, 2.45) is 5.92 Å². The summed E-state index contributed by atoms with van der Waals surface area (Å²) in [4.78, 5) is 13.2. The van der Waals surface area contributed by atoms with E-state index in [2.05, 4.69) is 10.0 Å². The molecule has 2 aromatic rings. The maximum Gasteiger partial charge on any atom is 0.241 e. The number of sulfonamides is 1. The lowest BCUT2D eigenvalue weighted by Gasteiger charge is -2.29. The van der Waals surface area contributed by atoms with E-state index in [0.29, 0.717) is 19.4 Å². The summed E-state index contributed by atoms with van der Waals surface area (Å²) in [6.45, 7) is 6.32. The summed E-state index contributed by atoms with van der Waals surface area (Å²) in [6.07, 6.45) is 1.05. The molecule has 29 heavy (non-hydrogen) atoms. The van der Waals surface area contributed by atoms with Crippen molar-refractivity contribution in [1.29, 1.82) is 0 Å². The molecule has 2 atom stereocenters. The first-order valence-electron chi connectivity index (χ1n) is 9.87. The Bertz CT molecular complexity index is 955. The first-order chi connectivity index (χ1) is 13.8. The number of amides is 1. The highest BCUT2D eigenvalue weighted by atomic mass is 32.2. The molecule has 1 heterocycles. The molecule has 0 fully saturated rings. The minimum absolute atomic E-state index is 0.147. The fourth-order valence-corrected chi connectivity index (χ4v) is 4.63. The van der Waals surface area contributed by atoms with Gasteiger partial charge in [-0.05, 0) is 37.5 Å². The van der Waals surface area contributed by atoms with Gasteiger partial charge in [0.1, 0.15) is 11.8 Å². The minimum atomic E-state index is -3.80. The molecule has 0 aliphatic carbocycles. The van der Waals surface area contributed by atoms with E-state index in [0.717, 1.165) is 16.9 Å². The Labute approximate surface area is 172 Å². The topological polar surface area (TPSA) is 84.5 Å². The molecule has 0 aromatic heterocycles. The van der Waals surface area contributed by atoms with Gasteiger partial charge in [-0.2, -0.15) is 4.72 Å². The number of carbonyl (C=O) groups excluding carboxylic acids is 1. The van der Waals surface area contributed by atoms with Crippen LogP contribution in [0.2, 0.25) is 0 Å². The van der Waals surface area contributed by atoms with Crippen LogP contribution >= 0.6 is 0 Å². The lowest BCUT2D eigenvalue weighted by atomic mass is 9.99. The molecule has 7 heteroatoms. The molecule has 1 aliphatic rings. The number of aryl methyl sites for hydroxylation is 1. The quantitative estimate of drug-likeness (QED) is 0.725. The van der Waals surface area contributed by atoms with E-state index in [1.807, 2.05) is 45.0 Å². The van der Waals surface area contributed by atoms with Gasteiger partial charge in [0.15, 0.2) is 0 Å². The summed E-state index contributed by atoms with van der Waals surface area (Å²) < 4.78 is 33.9. The lowest BCUT2D eigenvalue weighted by molar-refractivity contribution is -0.124. The number of nitrogens with one attached hydrogen (secondary N) is 2. The zero-order valence-electron chi connectivity index (χ0n) is 17.0. The third kappa shape index (κ3) is 5.36. The van der Waals surface area contributed by atoms with E-state index >= 15 is 0 Å². The van der Waals surface area contributed by atoms with E-state index in [4.69, 9.17) is 4.74 Å². The van der Waals surface area contributed by atoms with Crippen LogP contribution in [0.3, 0.4) is 0 Å². The monoisotopic (exact) mass is 416 g/mol. The molecule has 0 bridgehead atoms. The van der Waals surface area contributed by atoms with Crippen LogP contribution in [0.25, 0.3) is 0 Å². The molecular weight excluding hydrogens is 388 g/mol. The van der Waals surface area contributed by atoms with E-state index in [9.17, 15) is 13.2 Å². The van der Waals surface area contributed by atoms with E-state index in [-0.39, 0.29) is 22.8 Å². The summed E-state index contributed by atoms with van der Waals surface area (Å²) in [7, 11) is -3.80. The molecule has 2 N–H and O–H groups in total. The summed E-state index contributed by atoms with van der Waals surface area (Å²) in [6, 6.07) is 13.1. The first-order valence-corrected chi connectivity index (χ1v) is 11.4. The number of benzene rings is 2. The van der Waals surface area contributed by atoms with Crippen molar-refractivity contribution in [3.8, 4) is 5.75 Å². The number of fused-ring (bicyclic) bond motifs is 1. The molecule has 0 saturated heterocycles. The third-order valence-corrected chi connectivity index (χ3v) is 6.41. The summed E-state index contributed by atoms with van der Waals surface area (Å²) in [5, 5.41) is 3.02. The smallest absolute Gasteiger partial charge is 0.241 e. The largest absolute Gasteiger partial charge is 0.493 e. The Morgan fingerprint density at radius 2 is 1.83 bits per heavy atom. The fraction of sp³-hybridized carbons (Fsp3) is 0.409. The van der Waals surface area contributed by atoms with Gasteiger partial charge in [-0.25, -0.2) is 8.42 Å². The Hall–Kier alpha value is -2.38. The van der Waals surface area contributed by atoms with Gasteiger partial charge in [-0.1, -0.05) is 49.7 Å². The normalized spacial score (nSPS) is 17.3. The second-order valence-electron chi connectivity index (χ2n) is 7.85. The minimum Gasteiger partial charge on any atom is -0.493 e. The van der Waals surface area contributed by atoms with Gasteiger partial charge >= 0.3 is 0 Å². The van der Waals surface area contributed by atoms with Crippen molar-refractivity contribution in [3.63, 3.8) is 0 Å². The van der Waals surface area contributed by atoms with Crippen LogP contribution in [0.4, 0.5) is 0 Å². The van der Waals surface area contributed by atoms with Crippen LogP contribution in [0.1, 0.15) is 43.9 Å². The molecule has 3 rings (SSSR count). The first kappa shape index (κ1) is 21.3. The Morgan fingerprint density at radius 3 is 2.52 bits per heavy atom. The molecular formula is C22H28N2O4S. The van der Waals surface area contributed by atoms with Gasteiger partial charge in [0, 0.05) is 12.0 Å². The number of ether oxygens (including phenoxy) is 1. The highest BCUT2D eigenvalue weighted by molar-refractivity contribution is 7.89. The van der Waals surface area contributed by atoms with Gasteiger partial charge in [-0.3, -0.25) is 4.79 Å². The molecule has 2 unspecified atom stereocenters. The molecule has 156 valence electrons. The molecule has 0 saturated carbocycles. The zero-order valence-corrected chi connectivity index (χ0v) is 17.8. The molecule has 1 aliphatic heterocycles. The SMILES string of the molecule is Cc1ccc(S(=O)(=O)NC(CC(C)C)C(=O)NC2CCOc3ccccc32)cc1. The Morgan fingerprint density at radius 1 is 1.14 bits per heavy atom. The van der Waals surface area contributed by atoms with Crippen LogP contribution in [0.15, 0.2) is 53.4 Å². The molecule has 6 nitrogen and oxygen atoms in total. The standard InChI is InChI=1S/C22H28N2O4S/c1-15(2)14-20(24-29(26,27)17-10-8-16(3)9-11-17)22(25)23-19-12-13-28-21-7-5-4-6-18(19)21/h4-11,15,19-20,24H,12-14H2,1-3H3,(H,23,25).